The Morgan fingerprint density at radius 1 is 1.06 bits per heavy atom. The van der Waals surface area contributed by atoms with Crippen LogP contribution in [-0.4, -0.2) is 50.6 Å². The van der Waals surface area contributed by atoms with E-state index < -0.39 is 35.7 Å². The maximum Gasteiger partial charge on any atom is 0.325 e. The van der Waals surface area contributed by atoms with E-state index in [-0.39, 0.29) is 6.42 Å². The number of hydrogen-bond acceptors (Lipinski definition) is 6. The zero-order valence-corrected chi connectivity index (χ0v) is 18.2. The molecule has 0 radical (unpaired) electrons. The highest BCUT2D eigenvalue weighted by molar-refractivity contribution is 6.10. The molecular formula is C22H24FN3O6. The van der Waals surface area contributed by atoms with Crippen LogP contribution in [0.2, 0.25) is 0 Å². The van der Waals surface area contributed by atoms with E-state index in [4.69, 9.17) is 14.2 Å². The molecule has 0 aliphatic carbocycles. The molecule has 32 heavy (non-hydrogen) atoms. The van der Waals surface area contributed by atoms with Crippen LogP contribution in [-0.2, 0) is 15.1 Å². The van der Waals surface area contributed by atoms with Crippen molar-refractivity contribution in [2.24, 2.45) is 0 Å². The lowest BCUT2D eigenvalue weighted by Gasteiger charge is -2.25. The predicted molar refractivity (Wildman–Crippen MR) is 113 cm³/mol. The number of carbonyl (C=O) groups excluding carboxylic acids is 3. The third-order valence-electron chi connectivity index (χ3n) is 5.29. The Labute approximate surface area is 184 Å². The molecule has 4 amide bonds. The van der Waals surface area contributed by atoms with Gasteiger partial charge in [0.2, 0.25) is 11.7 Å². The van der Waals surface area contributed by atoms with E-state index in [1.165, 1.54) is 57.7 Å². The van der Waals surface area contributed by atoms with Crippen molar-refractivity contribution in [1.82, 2.24) is 10.2 Å². The van der Waals surface area contributed by atoms with E-state index in [1.54, 1.807) is 6.92 Å². The van der Waals surface area contributed by atoms with Crippen LogP contribution in [0.4, 0.5) is 14.9 Å². The number of nitrogens with zero attached hydrogens (tertiary/aromatic N) is 1. The quantitative estimate of drug-likeness (QED) is 0.605. The van der Waals surface area contributed by atoms with Gasteiger partial charge in [0, 0.05) is 17.8 Å². The van der Waals surface area contributed by atoms with Crippen LogP contribution in [0.15, 0.2) is 36.4 Å². The normalized spacial score (nSPS) is 17.7. The molecule has 2 N–H and O–H groups in total. The number of hydrogen-bond donors (Lipinski definition) is 2. The van der Waals surface area contributed by atoms with Crippen LogP contribution in [0.25, 0.3) is 0 Å². The minimum atomic E-state index is -1.36. The van der Waals surface area contributed by atoms with Gasteiger partial charge in [0.1, 0.15) is 17.9 Å². The molecule has 1 unspecified atom stereocenters. The lowest BCUT2D eigenvalue weighted by atomic mass is 9.87. The van der Waals surface area contributed by atoms with E-state index in [2.05, 4.69) is 10.6 Å². The molecule has 1 saturated heterocycles. The number of amides is 4. The highest BCUT2D eigenvalue weighted by Gasteiger charge is 2.51. The van der Waals surface area contributed by atoms with Crippen molar-refractivity contribution in [3.05, 3.63) is 47.8 Å². The number of nitrogens with one attached hydrogen (secondary N) is 2. The van der Waals surface area contributed by atoms with Gasteiger partial charge in [-0.3, -0.25) is 14.5 Å². The van der Waals surface area contributed by atoms with Crippen LogP contribution >= 0.6 is 0 Å². The lowest BCUT2D eigenvalue weighted by molar-refractivity contribution is -0.134. The minimum absolute atomic E-state index is 0.230. The Morgan fingerprint density at radius 3 is 2.16 bits per heavy atom. The molecule has 9 nitrogen and oxygen atoms in total. The second-order valence-electron chi connectivity index (χ2n) is 7.05. The fourth-order valence-electron chi connectivity index (χ4n) is 3.64. The average Bonchev–Trinajstić information content (AvgIpc) is 3.03. The van der Waals surface area contributed by atoms with Gasteiger partial charge in [0.05, 0.1) is 21.3 Å². The standard InChI is InChI=1S/C22H24FN3O6/c1-5-22(13-6-8-14(23)9-7-13)20(28)26(21(29)25-22)12-18(27)24-15-10-16(30-2)19(32-4)17(11-15)31-3/h6-11H,5,12H2,1-4H3,(H,24,27)(H,25,29). The van der Waals surface area contributed by atoms with E-state index in [9.17, 15) is 18.8 Å². The first-order valence-corrected chi connectivity index (χ1v) is 9.79. The van der Waals surface area contributed by atoms with Gasteiger partial charge in [-0.25, -0.2) is 9.18 Å². The maximum absolute atomic E-state index is 13.3. The number of imide groups is 1. The first-order valence-electron chi connectivity index (χ1n) is 9.79. The second kappa shape index (κ2) is 9.13. The molecule has 2 aromatic rings. The van der Waals surface area contributed by atoms with Crippen molar-refractivity contribution in [1.29, 1.82) is 0 Å². The average molecular weight is 445 g/mol. The van der Waals surface area contributed by atoms with Gasteiger partial charge in [-0.2, -0.15) is 0 Å². The molecule has 1 atom stereocenters. The molecule has 170 valence electrons. The summed E-state index contributed by atoms with van der Waals surface area (Å²) in [6, 6.07) is 7.66. The van der Waals surface area contributed by atoms with Gasteiger partial charge in [0.25, 0.3) is 5.91 Å². The van der Waals surface area contributed by atoms with Gasteiger partial charge in [0.15, 0.2) is 11.5 Å². The molecule has 0 bridgehead atoms. The van der Waals surface area contributed by atoms with Gasteiger partial charge in [-0.15, -0.1) is 0 Å². The highest BCUT2D eigenvalue weighted by atomic mass is 19.1. The molecule has 1 aliphatic rings. The Balaban J connectivity index is 1.80. The molecule has 2 aromatic carbocycles. The van der Waals surface area contributed by atoms with Crippen LogP contribution in [0.1, 0.15) is 18.9 Å². The van der Waals surface area contributed by atoms with Crippen molar-refractivity contribution in [2.75, 3.05) is 33.2 Å². The van der Waals surface area contributed by atoms with Gasteiger partial charge in [-0.1, -0.05) is 19.1 Å². The number of halogens is 1. The molecule has 0 aromatic heterocycles. The predicted octanol–water partition coefficient (Wildman–Crippen LogP) is 2.65. The van der Waals surface area contributed by atoms with Crippen molar-refractivity contribution in [3.8, 4) is 17.2 Å². The summed E-state index contributed by atoms with van der Waals surface area (Å²) in [5.41, 5.74) is -0.596. The topological polar surface area (TPSA) is 106 Å². The van der Waals surface area contributed by atoms with Crippen LogP contribution in [0.3, 0.4) is 0 Å². The molecule has 0 saturated carbocycles. The fraction of sp³-hybridized carbons (Fsp3) is 0.318. The fourth-order valence-corrected chi connectivity index (χ4v) is 3.64. The van der Waals surface area contributed by atoms with Crippen molar-refractivity contribution >= 4 is 23.5 Å². The first-order chi connectivity index (χ1) is 15.3. The van der Waals surface area contributed by atoms with Crippen molar-refractivity contribution < 1.29 is 33.0 Å². The Bertz CT molecular complexity index is 1020. The SMILES string of the molecule is CCC1(c2ccc(F)cc2)NC(=O)N(CC(=O)Nc2cc(OC)c(OC)c(OC)c2)C1=O. The summed E-state index contributed by atoms with van der Waals surface area (Å²) in [5, 5.41) is 5.28. The summed E-state index contributed by atoms with van der Waals surface area (Å²) in [6.07, 6.45) is 0.230. The number of methoxy groups -OCH3 is 3. The third-order valence-corrected chi connectivity index (χ3v) is 5.29. The highest BCUT2D eigenvalue weighted by Crippen LogP contribution is 2.40. The zero-order valence-electron chi connectivity index (χ0n) is 18.2. The van der Waals surface area contributed by atoms with E-state index in [0.717, 1.165) is 4.90 Å². The number of carbonyl (C=O) groups is 3. The smallest absolute Gasteiger partial charge is 0.325 e. The maximum atomic E-state index is 13.3. The lowest BCUT2D eigenvalue weighted by Crippen LogP contribution is -2.44. The van der Waals surface area contributed by atoms with Crippen molar-refractivity contribution in [2.45, 2.75) is 18.9 Å². The minimum Gasteiger partial charge on any atom is -0.493 e. The molecule has 0 spiro atoms. The largest absolute Gasteiger partial charge is 0.493 e. The Hall–Kier alpha value is -3.82. The molecule has 10 heteroatoms. The summed E-state index contributed by atoms with van der Waals surface area (Å²) in [7, 11) is 4.34. The van der Waals surface area contributed by atoms with Gasteiger partial charge < -0.3 is 24.8 Å². The van der Waals surface area contributed by atoms with Gasteiger partial charge in [-0.05, 0) is 24.1 Å². The summed E-state index contributed by atoms with van der Waals surface area (Å²) < 4.78 is 29.1. The number of urea groups is 1. The van der Waals surface area contributed by atoms with E-state index in [1.807, 2.05) is 0 Å². The van der Waals surface area contributed by atoms with Crippen LogP contribution in [0.5, 0.6) is 17.2 Å². The second-order valence-corrected chi connectivity index (χ2v) is 7.05. The summed E-state index contributed by atoms with van der Waals surface area (Å²) in [4.78, 5) is 39.2. The Morgan fingerprint density at radius 2 is 1.66 bits per heavy atom. The summed E-state index contributed by atoms with van der Waals surface area (Å²) >= 11 is 0. The molecule has 1 heterocycles. The number of benzene rings is 2. The zero-order chi connectivity index (χ0) is 23.5. The Kier molecular flexibility index (Phi) is 6.52. The third kappa shape index (κ3) is 4.03. The number of ether oxygens (including phenoxy) is 3. The number of anilines is 1. The molecule has 1 fully saturated rings. The van der Waals surface area contributed by atoms with E-state index >= 15 is 0 Å². The molecular weight excluding hydrogens is 421 g/mol. The molecule has 1 aliphatic heterocycles. The van der Waals surface area contributed by atoms with Crippen LogP contribution in [0, 0.1) is 5.82 Å². The van der Waals surface area contributed by atoms with Gasteiger partial charge >= 0.3 is 6.03 Å². The number of rotatable bonds is 8. The van der Waals surface area contributed by atoms with E-state index in [0.29, 0.717) is 28.5 Å². The van der Waals surface area contributed by atoms with Crippen LogP contribution < -0.4 is 24.8 Å². The monoisotopic (exact) mass is 445 g/mol. The summed E-state index contributed by atoms with van der Waals surface area (Å²) in [6.45, 7) is 1.21. The van der Waals surface area contributed by atoms with Crippen molar-refractivity contribution in [3.63, 3.8) is 0 Å². The first kappa shape index (κ1) is 22.9. The molecule has 3 rings (SSSR count). The summed E-state index contributed by atoms with van der Waals surface area (Å²) in [5.74, 6) is -0.630.